The summed E-state index contributed by atoms with van der Waals surface area (Å²) in [6.07, 6.45) is 3.15. The van der Waals surface area contributed by atoms with Gasteiger partial charge in [-0.05, 0) is 56.8 Å². The summed E-state index contributed by atoms with van der Waals surface area (Å²) in [7, 11) is 0. The number of pyridine rings is 1. The fourth-order valence-corrected chi connectivity index (χ4v) is 4.94. The van der Waals surface area contributed by atoms with E-state index in [2.05, 4.69) is 31.0 Å². The van der Waals surface area contributed by atoms with Gasteiger partial charge in [0.1, 0.15) is 28.2 Å². The van der Waals surface area contributed by atoms with Crippen LogP contribution in [0.4, 0.5) is 27.7 Å². The Bertz CT molecular complexity index is 1310. The van der Waals surface area contributed by atoms with Crippen molar-refractivity contribution in [1.29, 1.82) is 0 Å². The predicted octanol–water partition coefficient (Wildman–Crippen LogP) is 4.18. The molecule has 0 unspecified atom stereocenters. The highest BCUT2D eigenvalue weighted by Gasteiger charge is 2.27. The fraction of sp³-hybridized carbons (Fsp3) is 0.391. The Morgan fingerprint density at radius 1 is 1.24 bits per heavy atom. The highest BCUT2D eigenvalue weighted by Crippen LogP contribution is 2.33. The SMILES string of the molecule is Cc1csc2nc(Nc3cnn([C@@H]4CCNC[C@@H]4F)c3)nc(Nc3cccc(C(C)(C)O)n3)c12. The summed E-state index contributed by atoms with van der Waals surface area (Å²) in [6, 6.07) is 5.17. The number of anilines is 4. The molecule has 4 aromatic rings. The van der Waals surface area contributed by atoms with Crippen LogP contribution in [-0.2, 0) is 5.60 Å². The first kappa shape index (κ1) is 22.6. The number of aliphatic hydroxyl groups is 1. The molecule has 0 saturated carbocycles. The van der Waals surface area contributed by atoms with Gasteiger partial charge >= 0.3 is 0 Å². The van der Waals surface area contributed by atoms with Crippen molar-refractivity contribution in [2.75, 3.05) is 23.7 Å². The van der Waals surface area contributed by atoms with Gasteiger partial charge in [-0.2, -0.15) is 10.1 Å². The van der Waals surface area contributed by atoms with Gasteiger partial charge in [-0.3, -0.25) is 4.68 Å². The van der Waals surface area contributed by atoms with Crippen LogP contribution in [0, 0.1) is 6.92 Å². The molecule has 11 heteroatoms. The van der Waals surface area contributed by atoms with Gasteiger partial charge in [0.25, 0.3) is 0 Å². The Balaban J connectivity index is 1.44. The van der Waals surface area contributed by atoms with Gasteiger partial charge in [0, 0.05) is 12.7 Å². The molecule has 2 atom stereocenters. The Labute approximate surface area is 200 Å². The second-order valence-corrected chi connectivity index (χ2v) is 9.86. The van der Waals surface area contributed by atoms with Crippen molar-refractivity contribution < 1.29 is 9.50 Å². The molecule has 0 aromatic carbocycles. The van der Waals surface area contributed by atoms with E-state index in [-0.39, 0.29) is 6.04 Å². The van der Waals surface area contributed by atoms with Gasteiger partial charge in [-0.1, -0.05) is 6.07 Å². The molecule has 1 saturated heterocycles. The molecule has 178 valence electrons. The van der Waals surface area contributed by atoms with E-state index in [9.17, 15) is 9.50 Å². The van der Waals surface area contributed by atoms with E-state index in [1.54, 1.807) is 37.0 Å². The first-order valence-corrected chi connectivity index (χ1v) is 12.0. The largest absolute Gasteiger partial charge is 0.384 e. The number of hydrogen-bond donors (Lipinski definition) is 4. The number of hydrogen-bond acceptors (Lipinski definition) is 9. The average molecular weight is 483 g/mol. The Hall–Kier alpha value is -3.15. The maximum absolute atomic E-state index is 14.3. The maximum Gasteiger partial charge on any atom is 0.230 e. The molecule has 34 heavy (non-hydrogen) atoms. The molecule has 1 fully saturated rings. The summed E-state index contributed by atoms with van der Waals surface area (Å²) in [5, 5.41) is 27.2. The lowest BCUT2D eigenvalue weighted by molar-refractivity contribution is 0.0740. The van der Waals surface area contributed by atoms with E-state index in [1.807, 2.05) is 24.4 Å². The van der Waals surface area contributed by atoms with Crippen molar-refractivity contribution >= 4 is 44.8 Å². The van der Waals surface area contributed by atoms with Crippen LogP contribution >= 0.6 is 11.3 Å². The molecule has 0 spiro atoms. The van der Waals surface area contributed by atoms with E-state index in [4.69, 9.17) is 4.98 Å². The molecule has 5 heterocycles. The Kier molecular flexibility index (Phi) is 5.92. The van der Waals surface area contributed by atoms with Crippen LogP contribution in [0.25, 0.3) is 10.2 Å². The molecule has 1 aliphatic rings. The van der Waals surface area contributed by atoms with Crippen molar-refractivity contribution in [3.8, 4) is 0 Å². The van der Waals surface area contributed by atoms with Gasteiger partial charge < -0.3 is 21.1 Å². The number of piperidine rings is 1. The summed E-state index contributed by atoms with van der Waals surface area (Å²) in [4.78, 5) is 14.7. The highest BCUT2D eigenvalue weighted by molar-refractivity contribution is 7.17. The normalized spacial score (nSPS) is 18.9. The van der Waals surface area contributed by atoms with E-state index in [1.165, 1.54) is 11.3 Å². The lowest BCUT2D eigenvalue weighted by Crippen LogP contribution is -2.39. The number of aryl methyl sites for hydroxylation is 1. The maximum atomic E-state index is 14.3. The molecule has 4 N–H and O–H groups in total. The van der Waals surface area contributed by atoms with Crippen LogP contribution in [0.2, 0.25) is 0 Å². The van der Waals surface area contributed by atoms with Crippen molar-refractivity contribution in [2.24, 2.45) is 0 Å². The zero-order valence-corrected chi connectivity index (χ0v) is 20.0. The first-order valence-electron chi connectivity index (χ1n) is 11.2. The summed E-state index contributed by atoms with van der Waals surface area (Å²) in [5.41, 5.74) is 1.24. The minimum absolute atomic E-state index is 0.286. The molecule has 5 rings (SSSR count). The smallest absolute Gasteiger partial charge is 0.230 e. The van der Waals surface area contributed by atoms with Crippen LogP contribution in [0.15, 0.2) is 36.0 Å². The second kappa shape index (κ2) is 8.90. The molecule has 0 bridgehead atoms. The third kappa shape index (κ3) is 4.59. The van der Waals surface area contributed by atoms with Gasteiger partial charge in [0.2, 0.25) is 5.95 Å². The molecule has 1 aliphatic heterocycles. The van der Waals surface area contributed by atoms with Crippen molar-refractivity contribution in [3.63, 3.8) is 0 Å². The number of aromatic nitrogens is 5. The number of thiophene rings is 1. The second-order valence-electron chi connectivity index (χ2n) is 9.00. The molecule has 0 amide bonds. The molecular formula is C23H27FN8OS. The number of fused-ring (bicyclic) bond motifs is 1. The number of halogens is 1. The lowest BCUT2D eigenvalue weighted by Gasteiger charge is -2.26. The van der Waals surface area contributed by atoms with E-state index in [0.717, 1.165) is 22.3 Å². The van der Waals surface area contributed by atoms with Crippen LogP contribution in [0.5, 0.6) is 0 Å². The zero-order chi connectivity index (χ0) is 23.9. The van der Waals surface area contributed by atoms with Crippen molar-refractivity contribution in [3.05, 3.63) is 47.2 Å². The fourth-order valence-electron chi connectivity index (χ4n) is 4.01. The molecular weight excluding hydrogens is 455 g/mol. The van der Waals surface area contributed by atoms with Gasteiger partial charge in [0.15, 0.2) is 0 Å². The van der Waals surface area contributed by atoms with E-state index >= 15 is 0 Å². The monoisotopic (exact) mass is 482 g/mol. The molecule has 9 nitrogen and oxygen atoms in total. The van der Waals surface area contributed by atoms with Crippen LogP contribution < -0.4 is 16.0 Å². The summed E-state index contributed by atoms with van der Waals surface area (Å²) in [6.45, 7) is 6.51. The van der Waals surface area contributed by atoms with Crippen LogP contribution in [0.3, 0.4) is 0 Å². The van der Waals surface area contributed by atoms with Gasteiger partial charge in [0.05, 0.1) is 29.0 Å². The van der Waals surface area contributed by atoms with Crippen molar-refractivity contribution in [2.45, 2.75) is 45.0 Å². The van der Waals surface area contributed by atoms with E-state index < -0.39 is 11.8 Å². The molecule has 0 aliphatic carbocycles. The third-order valence-corrected chi connectivity index (χ3v) is 6.80. The topological polar surface area (TPSA) is 113 Å². The number of alkyl halides is 1. The number of nitrogens with zero attached hydrogens (tertiary/aromatic N) is 5. The molecule has 4 aromatic heterocycles. The Morgan fingerprint density at radius 2 is 2.09 bits per heavy atom. The third-order valence-electron chi connectivity index (χ3n) is 5.81. The predicted molar refractivity (Wildman–Crippen MR) is 132 cm³/mol. The van der Waals surface area contributed by atoms with Gasteiger partial charge in [-0.15, -0.1) is 11.3 Å². The standard InChI is InChI=1S/C23H27FN8OS/c1-13-12-34-21-19(13)20(29-18-6-4-5-17(28-18)23(2,3)33)30-22(31-21)27-14-9-26-32(11-14)16-7-8-25-10-15(16)24/h4-6,9,11-12,15-16,25,33H,7-8,10H2,1-3H3,(H2,27,28,29,30,31)/t15-,16+/m0/s1. The minimum atomic E-state index is -1.06. The first-order chi connectivity index (χ1) is 16.3. The number of nitrogens with one attached hydrogen (secondary N) is 3. The quantitative estimate of drug-likeness (QED) is 0.324. The zero-order valence-electron chi connectivity index (χ0n) is 19.2. The molecule has 0 radical (unpaired) electrons. The van der Waals surface area contributed by atoms with E-state index in [0.29, 0.717) is 41.9 Å². The lowest BCUT2D eigenvalue weighted by atomic mass is 10.1. The summed E-state index contributed by atoms with van der Waals surface area (Å²) >= 11 is 1.53. The minimum Gasteiger partial charge on any atom is -0.384 e. The van der Waals surface area contributed by atoms with Crippen LogP contribution in [-0.4, -0.2) is 49.1 Å². The summed E-state index contributed by atoms with van der Waals surface area (Å²) < 4.78 is 16.0. The van der Waals surface area contributed by atoms with Gasteiger partial charge in [-0.25, -0.2) is 14.4 Å². The summed E-state index contributed by atoms with van der Waals surface area (Å²) in [5.74, 6) is 1.59. The Morgan fingerprint density at radius 3 is 2.88 bits per heavy atom. The van der Waals surface area contributed by atoms with Crippen LogP contribution in [0.1, 0.15) is 37.6 Å². The number of rotatable bonds is 6. The van der Waals surface area contributed by atoms with Crippen molar-refractivity contribution in [1.82, 2.24) is 30.0 Å². The average Bonchev–Trinajstić information content (AvgIpc) is 3.40. The highest BCUT2D eigenvalue weighted by atomic mass is 32.1.